The minimum absolute atomic E-state index is 0.149. The highest BCUT2D eigenvalue weighted by atomic mass is 16.6. The number of H-pyrrole nitrogens is 1. The van der Waals surface area contributed by atoms with Crippen molar-refractivity contribution >= 4 is 41.1 Å². The van der Waals surface area contributed by atoms with Crippen molar-refractivity contribution in [1.82, 2.24) is 15.2 Å². The maximum absolute atomic E-state index is 12.9. The van der Waals surface area contributed by atoms with Gasteiger partial charge < -0.3 is 30.0 Å². The fraction of sp³-hybridized carbons (Fsp3) is 0.429. The Hall–Kier alpha value is -3.92. The van der Waals surface area contributed by atoms with Crippen molar-refractivity contribution in [3.05, 3.63) is 46.3 Å². The highest BCUT2D eigenvalue weighted by Crippen LogP contribution is 2.36. The highest BCUT2D eigenvalue weighted by Gasteiger charge is 2.27. The lowest BCUT2D eigenvalue weighted by atomic mass is 10.0. The number of carbonyl (C=O) groups excluding carboxylic acids is 4. The number of nitrogens with zero attached hydrogens (tertiary/aromatic N) is 1. The van der Waals surface area contributed by atoms with E-state index in [1.807, 2.05) is 13.8 Å². The topological polar surface area (TPSA) is 130 Å². The van der Waals surface area contributed by atoms with E-state index in [4.69, 9.17) is 9.47 Å². The van der Waals surface area contributed by atoms with Crippen LogP contribution in [0.25, 0.3) is 11.6 Å². The van der Waals surface area contributed by atoms with E-state index in [9.17, 15) is 19.2 Å². The largest absolute Gasteiger partial charge is 0.451 e. The van der Waals surface area contributed by atoms with E-state index in [0.29, 0.717) is 40.3 Å². The second kappa shape index (κ2) is 12.6. The predicted octanol–water partition coefficient (Wildman–Crippen LogP) is 3.44. The molecule has 10 nitrogen and oxygen atoms in total. The summed E-state index contributed by atoms with van der Waals surface area (Å²) in [7, 11) is 0. The van der Waals surface area contributed by atoms with E-state index in [2.05, 4.69) is 34.4 Å². The average Bonchev–Trinajstić information content (AvgIpc) is 3.35. The smallest absolute Gasteiger partial charge is 0.352 e. The molecule has 2 heterocycles. The summed E-state index contributed by atoms with van der Waals surface area (Å²) in [5, 5.41) is 5.78. The SMILES string of the molecule is CCC(=O)O[C@@H](C)C(=O)Oc1ccc2c(c1)/C(=C/c1[nH]c(C)c(C(=O)NCCN(CC)CC)c1C)C(=O)N2. The molecule has 3 rings (SSSR count). The lowest BCUT2D eigenvalue weighted by molar-refractivity contribution is -0.160. The third kappa shape index (κ3) is 6.49. The molecule has 1 aromatic carbocycles. The van der Waals surface area contributed by atoms with Gasteiger partial charge in [0.15, 0.2) is 6.10 Å². The zero-order chi connectivity index (χ0) is 28.0. The van der Waals surface area contributed by atoms with E-state index in [1.54, 1.807) is 31.2 Å². The molecular weight excluding hydrogens is 488 g/mol. The molecule has 2 amide bonds. The van der Waals surface area contributed by atoms with Gasteiger partial charge in [-0.05, 0) is 63.7 Å². The van der Waals surface area contributed by atoms with Crippen LogP contribution in [0.2, 0.25) is 0 Å². The summed E-state index contributed by atoms with van der Waals surface area (Å²) in [6, 6.07) is 4.78. The van der Waals surface area contributed by atoms with Gasteiger partial charge in [0, 0.05) is 42.1 Å². The first-order chi connectivity index (χ1) is 18.1. The van der Waals surface area contributed by atoms with Crippen LogP contribution in [0.3, 0.4) is 0 Å². The summed E-state index contributed by atoms with van der Waals surface area (Å²) in [6.45, 7) is 14.0. The van der Waals surface area contributed by atoms with Gasteiger partial charge in [0.25, 0.3) is 11.8 Å². The van der Waals surface area contributed by atoms with E-state index in [0.717, 1.165) is 25.2 Å². The van der Waals surface area contributed by atoms with Gasteiger partial charge in [-0.1, -0.05) is 20.8 Å². The number of anilines is 1. The normalized spacial score (nSPS) is 14.3. The van der Waals surface area contributed by atoms with E-state index < -0.39 is 18.0 Å². The van der Waals surface area contributed by atoms with Crippen molar-refractivity contribution in [2.24, 2.45) is 0 Å². The van der Waals surface area contributed by atoms with Crippen LogP contribution in [-0.2, 0) is 19.1 Å². The van der Waals surface area contributed by atoms with Crippen LogP contribution < -0.4 is 15.4 Å². The number of aryl methyl sites for hydroxylation is 1. The number of rotatable bonds is 11. The number of ether oxygens (including phenoxy) is 2. The molecule has 3 N–H and O–H groups in total. The van der Waals surface area contributed by atoms with Gasteiger partial charge in [-0.2, -0.15) is 0 Å². The van der Waals surface area contributed by atoms with Gasteiger partial charge in [0.1, 0.15) is 5.75 Å². The van der Waals surface area contributed by atoms with Crippen LogP contribution in [0.15, 0.2) is 18.2 Å². The van der Waals surface area contributed by atoms with Crippen LogP contribution in [0.4, 0.5) is 5.69 Å². The minimum Gasteiger partial charge on any atom is -0.451 e. The van der Waals surface area contributed by atoms with Crippen LogP contribution >= 0.6 is 0 Å². The molecule has 0 spiro atoms. The predicted molar refractivity (Wildman–Crippen MR) is 145 cm³/mol. The number of hydrogen-bond acceptors (Lipinski definition) is 7. The number of nitrogens with one attached hydrogen (secondary N) is 3. The maximum Gasteiger partial charge on any atom is 0.352 e. The van der Waals surface area contributed by atoms with E-state index in [1.165, 1.54) is 6.92 Å². The molecule has 204 valence electrons. The third-order valence-electron chi connectivity index (χ3n) is 6.52. The molecule has 10 heteroatoms. The Kier molecular flexibility index (Phi) is 9.46. The Morgan fingerprint density at radius 3 is 2.50 bits per heavy atom. The van der Waals surface area contributed by atoms with Crippen molar-refractivity contribution in [2.45, 2.75) is 54.1 Å². The molecule has 1 atom stereocenters. The van der Waals surface area contributed by atoms with Gasteiger partial charge in [-0.3, -0.25) is 14.4 Å². The van der Waals surface area contributed by atoms with Crippen LogP contribution in [0, 0.1) is 13.8 Å². The summed E-state index contributed by atoms with van der Waals surface area (Å²) in [5.74, 6) is -1.50. The fourth-order valence-corrected chi connectivity index (χ4v) is 4.26. The number of hydrogen-bond donors (Lipinski definition) is 3. The molecular formula is C28H36N4O6. The lowest BCUT2D eigenvalue weighted by Gasteiger charge is -2.18. The molecule has 2 aromatic rings. The average molecular weight is 525 g/mol. The third-order valence-corrected chi connectivity index (χ3v) is 6.52. The molecule has 38 heavy (non-hydrogen) atoms. The number of amides is 2. The zero-order valence-corrected chi connectivity index (χ0v) is 22.8. The van der Waals surface area contributed by atoms with Crippen molar-refractivity contribution in [3.8, 4) is 5.75 Å². The number of likely N-dealkylation sites (N-methyl/N-ethyl adjacent to an activating group) is 1. The molecule has 0 unspecified atom stereocenters. The second-order valence-electron chi connectivity index (χ2n) is 9.07. The number of carbonyl (C=O) groups is 4. The van der Waals surface area contributed by atoms with Gasteiger partial charge >= 0.3 is 11.9 Å². The Morgan fingerprint density at radius 1 is 1.13 bits per heavy atom. The van der Waals surface area contributed by atoms with E-state index >= 15 is 0 Å². The molecule has 0 fully saturated rings. The Labute approximate surface area is 222 Å². The number of esters is 2. The molecule has 1 aliphatic heterocycles. The first-order valence-corrected chi connectivity index (χ1v) is 12.9. The molecule has 0 radical (unpaired) electrons. The van der Waals surface area contributed by atoms with Crippen molar-refractivity contribution in [3.63, 3.8) is 0 Å². The Bertz CT molecular complexity index is 1260. The number of fused-ring (bicyclic) bond motifs is 1. The number of benzene rings is 1. The molecule has 0 bridgehead atoms. The molecule has 0 saturated heterocycles. The van der Waals surface area contributed by atoms with Gasteiger partial charge in [-0.15, -0.1) is 0 Å². The molecule has 1 aromatic heterocycles. The highest BCUT2D eigenvalue weighted by molar-refractivity contribution is 6.35. The minimum atomic E-state index is -1.06. The van der Waals surface area contributed by atoms with Crippen LogP contribution in [0.1, 0.15) is 67.0 Å². The first kappa shape index (κ1) is 28.6. The van der Waals surface area contributed by atoms with Gasteiger partial charge in [0.2, 0.25) is 0 Å². The maximum atomic E-state index is 12.9. The van der Waals surface area contributed by atoms with Gasteiger partial charge in [-0.25, -0.2) is 4.79 Å². The summed E-state index contributed by atoms with van der Waals surface area (Å²) >= 11 is 0. The van der Waals surface area contributed by atoms with Crippen molar-refractivity contribution in [1.29, 1.82) is 0 Å². The standard InChI is InChI=1S/C28H36N4O6/c1-7-24(33)37-18(6)28(36)38-19-10-11-22-20(14-19)21(26(34)31-22)15-23-16(4)25(17(5)30-23)27(35)29-12-13-32(8-2)9-3/h10-11,14-15,18,30H,7-9,12-13H2,1-6H3,(H,29,35)(H,31,34)/b21-15-/t18-/m0/s1. The molecule has 1 aliphatic rings. The first-order valence-electron chi connectivity index (χ1n) is 12.9. The van der Waals surface area contributed by atoms with Crippen LogP contribution in [-0.4, -0.2) is 65.9 Å². The Morgan fingerprint density at radius 2 is 1.84 bits per heavy atom. The van der Waals surface area contributed by atoms with Crippen molar-refractivity contribution in [2.75, 3.05) is 31.5 Å². The second-order valence-corrected chi connectivity index (χ2v) is 9.07. The Balaban J connectivity index is 1.81. The summed E-state index contributed by atoms with van der Waals surface area (Å²) in [5.41, 5.74) is 4.10. The molecule has 0 saturated carbocycles. The number of aromatic amines is 1. The van der Waals surface area contributed by atoms with E-state index in [-0.39, 0.29) is 24.0 Å². The number of aromatic nitrogens is 1. The summed E-state index contributed by atoms with van der Waals surface area (Å²) in [6.07, 6.45) is 0.773. The summed E-state index contributed by atoms with van der Waals surface area (Å²) in [4.78, 5) is 55.0. The monoisotopic (exact) mass is 524 g/mol. The van der Waals surface area contributed by atoms with Crippen LogP contribution in [0.5, 0.6) is 5.75 Å². The van der Waals surface area contributed by atoms with Crippen molar-refractivity contribution < 1.29 is 28.7 Å². The quantitative estimate of drug-likeness (QED) is 0.233. The summed E-state index contributed by atoms with van der Waals surface area (Å²) < 4.78 is 10.4. The van der Waals surface area contributed by atoms with Gasteiger partial charge in [0.05, 0.1) is 11.1 Å². The zero-order valence-electron chi connectivity index (χ0n) is 22.8. The fourth-order valence-electron chi connectivity index (χ4n) is 4.26. The lowest BCUT2D eigenvalue weighted by Crippen LogP contribution is -2.35. The molecule has 0 aliphatic carbocycles.